The zero-order chi connectivity index (χ0) is 92.8. The molecule has 2 unspecified atom stereocenters. The highest BCUT2D eigenvalue weighted by Crippen LogP contribution is 2.52. The number of rotatable bonds is 20. The molecule has 8 heterocycles. The standard InChI is InChI=1S/4C24H24F3NO4/c4*1-13-6-15-9-19-20(32-12-31-19)10-16(15)23(28(13)11-24(2,3)27)22-17(25)7-14(8-18(22)26)4-5-21(29)30/h4*4-5,7-10,13,23H,6,11-12H2,1-3H3,(H,29,30)/b4*5-4+/t3*13-,23+;/m110./s1. The van der Waals surface area contributed by atoms with E-state index >= 15 is 35.1 Å². The summed E-state index contributed by atoms with van der Waals surface area (Å²) in [5.41, 5.74) is -0.998. The number of hydrogen-bond acceptors (Lipinski definition) is 16. The molecule has 8 atom stereocenters. The Kier molecular flexibility index (Phi) is 27.3. The van der Waals surface area contributed by atoms with Crippen molar-refractivity contribution in [2.24, 2.45) is 0 Å². The molecule has 32 heteroatoms. The lowest BCUT2D eigenvalue weighted by Crippen LogP contribution is -2.48. The van der Waals surface area contributed by atoms with Gasteiger partial charge in [0.25, 0.3) is 0 Å². The van der Waals surface area contributed by atoms with E-state index in [0.29, 0.717) is 93.9 Å². The molecule has 4 N–H and O–H groups in total. The average Bonchev–Trinajstić information content (AvgIpc) is 1.08. The maximum absolute atomic E-state index is 15.3. The van der Waals surface area contributed by atoms with Gasteiger partial charge in [0.1, 0.15) is 69.2 Å². The average molecular weight is 1790 g/mol. The second kappa shape index (κ2) is 37.4. The van der Waals surface area contributed by atoms with Crippen LogP contribution in [-0.4, -0.2) is 164 Å². The molecule has 680 valence electrons. The number of nitrogens with zero attached hydrogens (tertiary/aromatic N) is 4. The van der Waals surface area contributed by atoms with Crippen molar-refractivity contribution < 1.29 is 130 Å². The minimum atomic E-state index is -1.60. The summed E-state index contributed by atoms with van der Waals surface area (Å²) in [7, 11) is 0. The molecular weight excluding hydrogens is 1690 g/mol. The SMILES string of the molecule is CC1Cc2cc3c(cc2C(c2c(F)cc(/C=C/C(=O)O)cc2F)N1CC(C)(C)F)OCO3.C[C@@H]1Cc2cc3c(cc2[C@@H](c2c(F)cc(/C=C/C(=O)O)cc2F)N1CC(C)(C)F)OCO3.C[C@@H]1Cc2cc3c(cc2[C@@H](c2c(F)cc(/C=C/C(=O)O)cc2F)N1CC(C)(C)F)OCO3.C[C@H]1Cc2cc3c(cc2[C@H](c2c(F)cc(/C=C/C(=O)O)cc2F)N1CC(C)(C)F)OCO3. The summed E-state index contributed by atoms with van der Waals surface area (Å²) in [5.74, 6) is -7.37. The molecule has 0 spiro atoms. The van der Waals surface area contributed by atoms with Gasteiger partial charge in [0.05, 0.1) is 24.2 Å². The Bertz CT molecular complexity index is 4970. The van der Waals surface area contributed by atoms with Crippen LogP contribution in [-0.2, 0) is 44.9 Å². The molecule has 0 radical (unpaired) electrons. The predicted octanol–water partition coefficient (Wildman–Crippen LogP) is 19.5. The molecule has 0 amide bonds. The van der Waals surface area contributed by atoms with E-state index in [0.717, 1.165) is 119 Å². The van der Waals surface area contributed by atoms with Gasteiger partial charge in [0.15, 0.2) is 46.0 Å². The Labute approximate surface area is 730 Å². The van der Waals surface area contributed by atoms with Crippen molar-refractivity contribution in [3.05, 3.63) is 257 Å². The van der Waals surface area contributed by atoms with Crippen molar-refractivity contribution in [3.8, 4) is 46.0 Å². The highest BCUT2D eigenvalue weighted by molar-refractivity contribution is 5.87. The van der Waals surface area contributed by atoms with Gasteiger partial charge in [-0.15, -0.1) is 0 Å². The monoisotopic (exact) mass is 1790 g/mol. The first kappa shape index (κ1) is 93.6. The number of alkyl halides is 4. The summed E-state index contributed by atoms with van der Waals surface area (Å²) in [6.07, 6.45) is 9.95. The summed E-state index contributed by atoms with van der Waals surface area (Å²) in [6, 6.07) is 18.4. The maximum Gasteiger partial charge on any atom is 0.328 e. The van der Waals surface area contributed by atoms with E-state index in [2.05, 4.69) is 0 Å². The summed E-state index contributed by atoms with van der Waals surface area (Å²) >= 11 is 0. The smallest absolute Gasteiger partial charge is 0.328 e. The fourth-order valence-corrected chi connectivity index (χ4v) is 17.7. The van der Waals surface area contributed by atoms with E-state index in [-0.39, 0.29) is 122 Å². The Morgan fingerprint density at radius 3 is 0.602 bits per heavy atom. The Balaban J connectivity index is 0.000000146. The van der Waals surface area contributed by atoms with Gasteiger partial charge in [-0.05, 0) is 297 Å². The fraction of sp³-hybridized carbons (Fsp3) is 0.375. The molecule has 0 bridgehead atoms. The second-order valence-electron chi connectivity index (χ2n) is 35.3. The van der Waals surface area contributed by atoms with E-state index in [1.807, 2.05) is 52.0 Å². The lowest BCUT2D eigenvalue weighted by atomic mass is 9.83. The van der Waals surface area contributed by atoms with Crippen LogP contribution in [0.2, 0.25) is 0 Å². The van der Waals surface area contributed by atoms with Gasteiger partial charge in [0.2, 0.25) is 27.2 Å². The Hall–Kier alpha value is -12.0. The minimum Gasteiger partial charge on any atom is -0.478 e. The van der Waals surface area contributed by atoms with E-state index in [1.54, 1.807) is 43.9 Å². The second-order valence-corrected chi connectivity index (χ2v) is 35.3. The number of halogens is 12. The molecule has 8 aliphatic heterocycles. The molecule has 16 rings (SSSR count). The molecule has 8 aromatic carbocycles. The number of carboxylic acid groups (broad SMARTS) is 4. The van der Waals surface area contributed by atoms with Crippen LogP contribution in [0, 0.1) is 46.5 Å². The summed E-state index contributed by atoms with van der Waals surface area (Å²) in [6.45, 7) is 19.1. The molecule has 128 heavy (non-hydrogen) atoms. The normalized spacial score (nSPS) is 20.6. The highest BCUT2D eigenvalue weighted by atomic mass is 19.2. The highest BCUT2D eigenvalue weighted by Gasteiger charge is 2.46. The Morgan fingerprint density at radius 2 is 0.453 bits per heavy atom. The Morgan fingerprint density at radius 1 is 0.297 bits per heavy atom. The van der Waals surface area contributed by atoms with Crippen LogP contribution < -0.4 is 37.9 Å². The largest absolute Gasteiger partial charge is 0.478 e. The zero-order valence-electron chi connectivity index (χ0n) is 72.0. The van der Waals surface area contributed by atoms with Gasteiger partial charge in [-0.25, -0.2) is 71.9 Å². The molecule has 0 fully saturated rings. The number of aliphatic carboxylic acids is 4. The molecular formula is C96H96F12N4O16. The van der Waals surface area contributed by atoms with Crippen molar-refractivity contribution in [1.29, 1.82) is 0 Å². The number of benzene rings is 8. The first-order chi connectivity index (χ1) is 60.1. The van der Waals surface area contributed by atoms with Crippen LogP contribution in [0.1, 0.15) is 196 Å². The molecule has 0 saturated heterocycles. The van der Waals surface area contributed by atoms with Crippen LogP contribution in [0.15, 0.2) is 121 Å². The number of carbonyl (C=O) groups is 4. The van der Waals surface area contributed by atoms with Gasteiger partial charge < -0.3 is 58.3 Å². The lowest BCUT2D eigenvalue weighted by molar-refractivity contribution is -0.132. The van der Waals surface area contributed by atoms with Crippen molar-refractivity contribution in [2.45, 2.75) is 180 Å². The minimum absolute atomic E-state index is 0.0355. The zero-order valence-corrected chi connectivity index (χ0v) is 72.0. The van der Waals surface area contributed by atoms with Crippen molar-refractivity contribution >= 4 is 48.2 Å². The molecule has 8 aromatic rings. The van der Waals surface area contributed by atoms with Crippen LogP contribution in [0.5, 0.6) is 46.0 Å². The van der Waals surface area contributed by atoms with Crippen molar-refractivity contribution in [3.63, 3.8) is 0 Å². The predicted molar refractivity (Wildman–Crippen MR) is 450 cm³/mol. The van der Waals surface area contributed by atoms with Crippen LogP contribution in [0.25, 0.3) is 24.3 Å². The molecule has 0 aromatic heterocycles. The third kappa shape index (κ3) is 21.5. The van der Waals surface area contributed by atoms with Crippen LogP contribution in [0.4, 0.5) is 52.7 Å². The van der Waals surface area contributed by atoms with Crippen molar-refractivity contribution in [2.75, 3.05) is 53.4 Å². The molecule has 0 aliphatic carbocycles. The van der Waals surface area contributed by atoms with Gasteiger partial charge in [-0.2, -0.15) is 0 Å². The maximum atomic E-state index is 15.3. The van der Waals surface area contributed by atoms with Crippen molar-refractivity contribution in [1.82, 2.24) is 19.6 Å². The van der Waals surface area contributed by atoms with Gasteiger partial charge in [0, 0.05) is 96.9 Å². The third-order valence-electron chi connectivity index (χ3n) is 22.8. The van der Waals surface area contributed by atoms with E-state index in [1.165, 1.54) is 55.4 Å². The summed E-state index contributed by atoms with van der Waals surface area (Å²) in [5, 5.41) is 35.2. The third-order valence-corrected chi connectivity index (χ3v) is 22.8. The summed E-state index contributed by atoms with van der Waals surface area (Å²) in [4.78, 5) is 50.1. The number of fused-ring (bicyclic) bond motifs is 8. The first-order valence-corrected chi connectivity index (χ1v) is 41.2. The van der Waals surface area contributed by atoms with Crippen LogP contribution >= 0.6 is 0 Å². The summed E-state index contributed by atoms with van der Waals surface area (Å²) < 4.78 is 225. The number of ether oxygens (including phenoxy) is 8. The lowest BCUT2D eigenvalue weighted by Gasteiger charge is -2.44. The topological polar surface area (TPSA) is 236 Å². The van der Waals surface area contributed by atoms with E-state index in [9.17, 15) is 36.7 Å². The quantitative estimate of drug-likeness (QED) is 0.0410. The molecule has 8 aliphatic rings. The fourth-order valence-electron chi connectivity index (χ4n) is 17.7. The molecule has 0 saturated carbocycles. The van der Waals surface area contributed by atoms with E-state index < -0.39 is 117 Å². The number of carboxylic acids is 4. The van der Waals surface area contributed by atoms with E-state index in [4.69, 9.17) is 58.3 Å². The first-order valence-electron chi connectivity index (χ1n) is 41.2. The van der Waals surface area contributed by atoms with Gasteiger partial charge in [-0.1, -0.05) is 0 Å². The van der Waals surface area contributed by atoms with Crippen LogP contribution in [0.3, 0.4) is 0 Å². The van der Waals surface area contributed by atoms with Gasteiger partial charge >= 0.3 is 23.9 Å². The number of hydrogen-bond donors (Lipinski definition) is 4. The molecule has 20 nitrogen and oxygen atoms in total. The van der Waals surface area contributed by atoms with Gasteiger partial charge in [-0.3, -0.25) is 19.6 Å².